The van der Waals surface area contributed by atoms with Crippen LogP contribution in [-0.2, 0) is 9.53 Å². The minimum Gasteiger partial charge on any atom is -0.449 e. The number of alkyl carbamates (subject to hydrolysis) is 1. The van der Waals surface area contributed by atoms with Gasteiger partial charge in [0.25, 0.3) is 5.91 Å². The van der Waals surface area contributed by atoms with Crippen molar-refractivity contribution in [2.75, 3.05) is 11.9 Å². The third kappa shape index (κ3) is 4.80. The second-order valence-electron chi connectivity index (χ2n) is 8.67. The molecule has 2 amide bonds. The third-order valence-electron chi connectivity index (χ3n) is 6.29. The van der Waals surface area contributed by atoms with E-state index in [1.165, 1.54) is 0 Å². The summed E-state index contributed by atoms with van der Waals surface area (Å²) in [6.07, 6.45) is -0.639. The van der Waals surface area contributed by atoms with Crippen LogP contribution in [0.2, 0.25) is 0 Å². The molecule has 0 aromatic heterocycles. The van der Waals surface area contributed by atoms with Gasteiger partial charge in [0.05, 0.1) is 0 Å². The number of nitrogens with one attached hydrogen (secondary N) is 2. The molecule has 0 unspecified atom stereocenters. The van der Waals surface area contributed by atoms with E-state index in [-0.39, 0.29) is 18.4 Å². The van der Waals surface area contributed by atoms with Crippen molar-refractivity contribution in [1.82, 2.24) is 5.32 Å². The fourth-order valence-corrected chi connectivity index (χ4v) is 4.64. The monoisotopic (exact) mass is 462 g/mol. The highest BCUT2D eigenvalue weighted by Gasteiger charge is 2.30. The lowest BCUT2D eigenvalue weighted by atomic mass is 9.98. The first-order chi connectivity index (χ1) is 17.1. The van der Waals surface area contributed by atoms with Crippen LogP contribution >= 0.6 is 0 Å². The van der Waals surface area contributed by atoms with E-state index in [0.29, 0.717) is 11.3 Å². The van der Waals surface area contributed by atoms with Gasteiger partial charge in [0.1, 0.15) is 12.6 Å². The predicted octanol–water partition coefficient (Wildman–Crippen LogP) is 6.21. The Kier molecular flexibility index (Phi) is 6.31. The maximum atomic E-state index is 13.2. The van der Waals surface area contributed by atoms with Gasteiger partial charge in [-0.25, -0.2) is 4.79 Å². The van der Waals surface area contributed by atoms with E-state index in [9.17, 15) is 9.59 Å². The second-order valence-corrected chi connectivity index (χ2v) is 8.67. The van der Waals surface area contributed by atoms with Crippen LogP contribution in [0.25, 0.3) is 11.1 Å². The predicted molar refractivity (Wildman–Crippen MR) is 137 cm³/mol. The van der Waals surface area contributed by atoms with Gasteiger partial charge in [-0.2, -0.15) is 0 Å². The molecular weight excluding hydrogens is 436 g/mol. The molecule has 35 heavy (non-hydrogen) atoms. The Labute approximate surface area is 204 Å². The fraction of sp³-hybridized carbons (Fsp3) is 0.133. The summed E-state index contributed by atoms with van der Waals surface area (Å²) in [6, 6.07) is 32.2. The summed E-state index contributed by atoms with van der Waals surface area (Å²) in [4.78, 5) is 26.1. The number of benzene rings is 4. The van der Waals surface area contributed by atoms with Gasteiger partial charge in [0, 0.05) is 11.6 Å². The van der Waals surface area contributed by atoms with Crippen LogP contribution in [-0.4, -0.2) is 18.6 Å². The molecule has 1 atom stereocenters. The fourth-order valence-electron chi connectivity index (χ4n) is 4.64. The summed E-state index contributed by atoms with van der Waals surface area (Å²) in [5, 5.41) is 5.67. The van der Waals surface area contributed by atoms with Gasteiger partial charge < -0.3 is 15.4 Å². The zero-order valence-electron chi connectivity index (χ0n) is 19.4. The molecule has 0 saturated heterocycles. The molecule has 5 heteroatoms. The summed E-state index contributed by atoms with van der Waals surface area (Å²) in [6.45, 7) is 2.14. The van der Waals surface area contributed by atoms with Crippen molar-refractivity contribution < 1.29 is 14.3 Å². The Morgan fingerprint density at radius 2 is 1.43 bits per heavy atom. The molecule has 0 saturated carbocycles. The van der Waals surface area contributed by atoms with Crippen LogP contribution in [0.3, 0.4) is 0 Å². The van der Waals surface area contributed by atoms with E-state index in [1.54, 1.807) is 0 Å². The van der Waals surface area contributed by atoms with Crippen LogP contribution < -0.4 is 10.6 Å². The SMILES string of the molecule is Cc1cccc(NC(=O)[C@@H](NC(=O)OCC2c3ccccc3-c3ccccc32)c2ccccc2)c1. The average molecular weight is 463 g/mol. The average Bonchev–Trinajstić information content (AvgIpc) is 3.20. The topological polar surface area (TPSA) is 67.4 Å². The van der Waals surface area contributed by atoms with E-state index < -0.39 is 12.1 Å². The number of carbonyl (C=O) groups excluding carboxylic acids is 2. The maximum absolute atomic E-state index is 13.2. The Morgan fingerprint density at radius 3 is 2.09 bits per heavy atom. The summed E-state index contributed by atoms with van der Waals surface area (Å²) in [5.41, 5.74) is 6.98. The van der Waals surface area contributed by atoms with Crippen LogP contribution in [0, 0.1) is 6.92 Å². The highest BCUT2D eigenvalue weighted by Crippen LogP contribution is 2.44. The van der Waals surface area contributed by atoms with E-state index >= 15 is 0 Å². The van der Waals surface area contributed by atoms with Crippen LogP contribution in [0.4, 0.5) is 10.5 Å². The first-order valence-corrected chi connectivity index (χ1v) is 11.6. The lowest BCUT2D eigenvalue weighted by Gasteiger charge is -2.20. The van der Waals surface area contributed by atoms with E-state index in [0.717, 1.165) is 27.8 Å². The molecule has 1 aliphatic rings. The molecule has 5 nitrogen and oxygen atoms in total. The van der Waals surface area contributed by atoms with E-state index in [4.69, 9.17) is 4.74 Å². The lowest BCUT2D eigenvalue weighted by molar-refractivity contribution is -0.118. The van der Waals surface area contributed by atoms with Gasteiger partial charge in [0.2, 0.25) is 0 Å². The molecule has 4 aromatic carbocycles. The smallest absolute Gasteiger partial charge is 0.408 e. The molecule has 0 fully saturated rings. The number of hydrogen-bond acceptors (Lipinski definition) is 3. The normalized spacial score (nSPS) is 12.8. The first kappa shape index (κ1) is 22.4. The Bertz CT molecular complexity index is 1320. The largest absolute Gasteiger partial charge is 0.449 e. The minimum absolute atomic E-state index is 0.0514. The van der Waals surface area contributed by atoms with Crippen molar-refractivity contribution in [2.45, 2.75) is 18.9 Å². The van der Waals surface area contributed by atoms with Crippen molar-refractivity contribution in [3.63, 3.8) is 0 Å². The third-order valence-corrected chi connectivity index (χ3v) is 6.29. The van der Waals surface area contributed by atoms with Gasteiger partial charge in [0.15, 0.2) is 0 Å². The number of carbonyl (C=O) groups is 2. The number of amides is 2. The molecule has 2 N–H and O–H groups in total. The highest BCUT2D eigenvalue weighted by molar-refractivity contribution is 5.97. The summed E-state index contributed by atoms with van der Waals surface area (Å²) in [7, 11) is 0. The van der Waals surface area contributed by atoms with Crippen LogP contribution in [0.15, 0.2) is 103 Å². The number of aryl methyl sites for hydroxylation is 1. The molecule has 174 valence electrons. The minimum atomic E-state index is -0.896. The number of ether oxygens (including phenoxy) is 1. The molecule has 0 bridgehead atoms. The van der Waals surface area contributed by atoms with Crippen molar-refractivity contribution in [3.05, 3.63) is 125 Å². The van der Waals surface area contributed by atoms with Crippen molar-refractivity contribution in [3.8, 4) is 11.1 Å². The van der Waals surface area contributed by atoms with Crippen molar-refractivity contribution in [2.24, 2.45) is 0 Å². The van der Waals surface area contributed by atoms with E-state index in [1.807, 2.05) is 85.8 Å². The lowest BCUT2D eigenvalue weighted by Crippen LogP contribution is -2.37. The van der Waals surface area contributed by atoms with Gasteiger partial charge in [-0.3, -0.25) is 4.79 Å². The van der Waals surface area contributed by atoms with Crippen LogP contribution in [0.5, 0.6) is 0 Å². The van der Waals surface area contributed by atoms with Crippen molar-refractivity contribution in [1.29, 1.82) is 0 Å². The molecule has 0 radical (unpaired) electrons. The molecule has 1 aliphatic carbocycles. The zero-order chi connectivity index (χ0) is 24.2. The van der Waals surface area contributed by atoms with Gasteiger partial charge in [-0.05, 0) is 52.4 Å². The first-order valence-electron chi connectivity index (χ1n) is 11.6. The Hall–Kier alpha value is -4.38. The van der Waals surface area contributed by atoms with Gasteiger partial charge in [-0.1, -0.05) is 91.0 Å². The molecule has 0 heterocycles. The standard InChI is InChI=1S/C30H26N2O3/c1-20-10-9-13-22(18-20)31-29(33)28(21-11-3-2-4-12-21)32-30(34)35-19-27-25-16-7-5-14-23(25)24-15-6-8-17-26(24)27/h2-18,27-28H,19H2,1H3,(H,31,33)(H,32,34)/t28-/m0/s1. The number of anilines is 1. The van der Waals surface area contributed by atoms with Crippen LogP contribution in [0.1, 0.15) is 34.2 Å². The van der Waals surface area contributed by atoms with Gasteiger partial charge in [-0.15, -0.1) is 0 Å². The second kappa shape index (κ2) is 9.85. The number of hydrogen-bond donors (Lipinski definition) is 2. The summed E-state index contributed by atoms with van der Waals surface area (Å²) in [5.74, 6) is -0.389. The Morgan fingerprint density at radius 1 is 0.800 bits per heavy atom. The number of fused-ring (bicyclic) bond motifs is 3. The molecule has 4 aromatic rings. The highest BCUT2D eigenvalue weighted by atomic mass is 16.5. The van der Waals surface area contributed by atoms with E-state index in [2.05, 4.69) is 34.9 Å². The summed E-state index contributed by atoms with van der Waals surface area (Å²) >= 11 is 0. The number of rotatable bonds is 6. The zero-order valence-corrected chi connectivity index (χ0v) is 19.4. The summed E-state index contributed by atoms with van der Waals surface area (Å²) < 4.78 is 5.68. The Balaban J connectivity index is 1.31. The molecule has 5 rings (SSSR count). The van der Waals surface area contributed by atoms with Crippen molar-refractivity contribution >= 4 is 17.7 Å². The molecular formula is C30H26N2O3. The quantitative estimate of drug-likeness (QED) is 0.358. The molecule has 0 spiro atoms. The maximum Gasteiger partial charge on any atom is 0.408 e. The molecule has 0 aliphatic heterocycles. The van der Waals surface area contributed by atoms with Gasteiger partial charge >= 0.3 is 6.09 Å².